The van der Waals surface area contributed by atoms with Gasteiger partial charge in [0.2, 0.25) is 0 Å². The van der Waals surface area contributed by atoms with E-state index in [1.54, 1.807) is 18.5 Å². The molecule has 0 aliphatic carbocycles. The van der Waals surface area contributed by atoms with Gasteiger partial charge in [-0.2, -0.15) is 0 Å². The van der Waals surface area contributed by atoms with Crippen molar-refractivity contribution in [3.8, 4) is 0 Å². The van der Waals surface area contributed by atoms with Crippen molar-refractivity contribution in [1.29, 1.82) is 0 Å². The summed E-state index contributed by atoms with van der Waals surface area (Å²) in [6, 6.07) is 4.56. The zero-order valence-electron chi connectivity index (χ0n) is 10.4. The van der Waals surface area contributed by atoms with Gasteiger partial charge in [0.1, 0.15) is 0 Å². The van der Waals surface area contributed by atoms with Gasteiger partial charge in [0.05, 0.1) is 41.1 Å². The van der Waals surface area contributed by atoms with E-state index in [-0.39, 0.29) is 5.56 Å². The Morgan fingerprint density at radius 2 is 2.16 bits per heavy atom. The minimum Gasteiger partial charge on any atom is -0.478 e. The maximum Gasteiger partial charge on any atom is 0.335 e. The predicted molar refractivity (Wildman–Crippen MR) is 71.9 cm³/mol. The molecule has 4 N–H and O–H groups in total. The maximum atomic E-state index is 10.8. The summed E-state index contributed by atoms with van der Waals surface area (Å²) in [6.07, 6.45) is 3.37. The number of aromatic nitrogens is 2. The molecule has 0 saturated carbocycles. The van der Waals surface area contributed by atoms with Crippen molar-refractivity contribution >= 4 is 17.3 Å². The quantitative estimate of drug-likeness (QED) is 0.721. The number of nitrogens with two attached hydrogens (primary N) is 1. The Morgan fingerprint density at radius 1 is 1.37 bits per heavy atom. The third-order valence-electron chi connectivity index (χ3n) is 2.59. The highest BCUT2D eigenvalue weighted by molar-refractivity contribution is 5.90. The van der Waals surface area contributed by atoms with Crippen molar-refractivity contribution < 1.29 is 9.90 Å². The minimum absolute atomic E-state index is 0.165. The van der Waals surface area contributed by atoms with Crippen LogP contribution in [0, 0.1) is 6.92 Å². The van der Waals surface area contributed by atoms with E-state index in [0.29, 0.717) is 17.9 Å². The number of aromatic carboxylic acids is 1. The van der Waals surface area contributed by atoms with Crippen molar-refractivity contribution in [2.24, 2.45) is 0 Å². The number of rotatable bonds is 4. The van der Waals surface area contributed by atoms with E-state index >= 15 is 0 Å². The third-order valence-corrected chi connectivity index (χ3v) is 2.59. The molecule has 0 bridgehead atoms. The molecule has 0 fully saturated rings. The monoisotopic (exact) mass is 258 g/mol. The van der Waals surface area contributed by atoms with Crippen molar-refractivity contribution in [2.75, 3.05) is 11.1 Å². The molecule has 19 heavy (non-hydrogen) atoms. The number of benzene rings is 1. The first-order chi connectivity index (χ1) is 9.06. The van der Waals surface area contributed by atoms with Gasteiger partial charge in [-0.25, -0.2) is 4.79 Å². The SMILES string of the molecule is Cc1cnc(CNc2ccc(C(=O)O)cc2N)cn1. The van der Waals surface area contributed by atoms with Crippen LogP contribution in [0.2, 0.25) is 0 Å². The van der Waals surface area contributed by atoms with Crippen LogP contribution in [0.3, 0.4) is 0 Å². The Bertz CT molecular complexity index is 596. The maximum absolute atomic E-state index is 10.8. The number of nitrogen functional groups attached to an aromatic ring is 1. The van der Waals surface area contributed by atoms with E-state index in [0.717, 1.165) is 11.4 Å². The highest BCUT2D eigenvalue weighted by Crippen LogP contribution is 2.20. The van der Waals surface area contributed by atoms with Gasteiger partial charge >= 0.3 is 5.97 Å². The van der Waals surface area contributed by atoms with Crippen LogP contribution in [0.4, 0.5) is 11.4 Å². The number of carboxylic acids is 1. The Hall–Kier alpha value is -2.63. The van der Waals surface area contributed by atoms with Gasteiger partial charge in [-0.05, 0) is 25.1 Å². The third kappa shape index (κ3) is 3.19. The average molecular weight is 258 g/mol. The molecule has 98 valence electrons. The molecule has 2 rings (SSSR count). The zero-order valence-corrected chi connectivity index (χ0v) is 10.4. The lowest BCUT2D eigenvalue weighted by molar-refractivity contribution is 0.0697. The first-order valence-corrected chi connectivity index (χ1v) is 5.70. The number of carboxylic acid groups (broad SMARTS) is 1. The fourth-order valence-electron chi connectivity index (χ4n) is 1.55. The number of anilines is 2. The topological polar surface area (TPSA) is 101 Å². The number of nitrogens with zero attached hydrogens (tertiary/aromatic N) is 2. The second-order valence-electron chi connectivity index (χ2n) is 4.11. The first kappa shape index (κ1) is 12.8. The van der Waals surface area contributed by atoms with Crippen LogP contribution in [-0.4, -0.2) is 21.0 Å². The summed E-state index contributed by atoms with van der Waals surface area (Å²) in [6.45, 7) is 2.34. The van der Waals surface area contributed by atoms with Gasteiger partial charge in [-0.3, -0.25) is 9.97 Å². The number of hydrogen-bond acceptors (Lipinski definition) is 5. The van der Waals surface area contributed by atoms with Gasteiger partial charge in [-0.15, -0.1) is 0 Å². The molecular formula is C13H14N4O2. The highest BCUT2D eigenvalue weighted by Gasteiger charge is 2.06. The number of carbonyl (C=O) groups is 1. The van der Waals surface area contributed by atoms with Crippen LogP contribution in [0.1, 0.15) is 21.7 Å². The summed E-state index contributed by atoms with van der Waals surface area (Å²) in [5.74, 6) is -0.998. The Kier molecular flexibility index (Phi) is 3.61. The molecule has 0 amide bonds. The zero-order chi connectivity index (χ0) is 13.8. The lowest BCUT2D eigenvalue weighted by Crippen LogP contribution is -2.06. The largest absolute Gasteiger partial charge is 0.478 e. The standard InChI is InChI=1S/C13H14N4O2/c1-8-5-16-10(6-15-8)7-17-12-3-2-9(13(18)19)4-11(12)14/h2-6,17H,7,14H2,1H3,(H,18,19). The smallest absolute Gasteiger partial charge is 0.335 e. The lowest BCUT2D eigenvalue weighted by atomic mass is 10.1. The Morgan fingerprint density at radius 3 is 2.74 bits per heavy atom. The fraction of sp³-hybridized carbons (Fsp3) is 0.154. The van der Waals surface area contributed by atoms with Gasteiger partial charge in [0, 0.05) is 6.20 Å². The summed E-state index contributed by atoms with van der Waals surface area (Å²) >= 11 is 0. The van der Waals surface area contributed by atoms with Crippen LogP contribution in [0.5, 0.6) is 0 Å². The van der Waals surface area contributed by atoms with Crippen LogP contribution in [0.25, 0.3) is 0 Å². The molecule has 0 saturated heterocycles. The van der Waals surface area contributed by atoms with Crippen molar-refractivity contribution in [3.05, 3.63) is 47.5 Å². The number of aryl methyl sites for hydroxylation is 1. The number of hydrogen-bond donors (Lipinski definition) is 3. The summed E-state index contributed by atoms with van der Waals surface area (Å²) < 4.78 is 0. The molecule has 0 aliphatic rings. The lowest BCUT2D eigenvalue weighted by Gasteiger charge is -2.09. The minimum atomic E-state index is -0.998. The van der Waals surface area contributed by atoms with Crippen LogP contribution >= 0.6 is 0 Å². The van der Waals surface area contributed by atoms with E-state index in [1.807, 2.05) is 6.92 Å². The summed E-state index contributed by atoms with van der Waals surface area (Å²) in [5, 5.41) is 11.9. The molecular weight excluding hydrogens is 244 g/mol. The van der Waals surface area contributed by atoms with Crippen molar-refractivity contribution in [1.82, 2.24) is 9.97 Å². The number of nitrogens with one attached hydrogen (secondary N) is 1. The molecule has 0 radical (unpaired) electrons. The van der Waals surface area contributed by atoms with E-state index in [9.17, 15) is 4.79 Å². The Labute approximate surface area is 110 Å². The van der Waals surface area contributed by atoms with Gasteiger partial charge in [-0.1, -0.05) is 0 Å². The molecule has 2 aromatic rings. The van der Waals surface area contributed by atoms with Gasteiger partial charge in [0.15, 0.2) is 0 Å². The highest BCUT2D eigenvalue weighted by atomic mass is 16.4. The molecule has 6 heteroatoms. The van der Waals surface area contributed by atoms with E-state index in [2.05, 4.69) is 15.3 Å². The fourth-order valence-corrected chi connectivity index (χ4v) is 1.55. The van der Waals surface area contributed by atoms with Gasteiger partial charge < -0.3 is 16.2 Å². The predicted octanol–water partition coefficient (Wildman–Crippen LogP) is 1.68. The Balaban J connectivity index is 2.07. The average Bonchev–Trinajstić information content (AvgIpc) is 2.39. The van der Waals surface area contributed by atoms with Crippen molar-refractivity contribution in [3.63, 3.8) is 0 Å². The molecule has 1 aromatic heterocycles. The van der Waals surface area contributed by atoms with Crippen LogP contribution in [-0.2, 0) is 6.54 Å². The van der Waals surface area contributed by atoms with Gasteiger partial charge in [0.25, 0.3) is 0 Å². The molecule has 0 aliphatic heterocycles. The first-order valence-electron chi connectivity index (χ1n) is 5.70. The summed E-state index contributed by atoms with van der Waals surface area (Å²) in [5.41, 5.74) is 8.65. The van der Waals surface area contributed by atoms with Crippen LogP contribution in [0.15, 0.2) is 30.6 Å². The molecule has 1 aromatic carbocycles. The molecule has 1 heterocycles. The normalized spacial score (nSPS) is 10.2. The summed E-state index contributed by atoms with van der Waals surface area (Å²) in [4.78, 5) is 19.1. The van der Waals surface area contributed by atoms with Crippen LogP contribution < -0.4 is 11.1 Å². The molecule has 0 atom stereocenters. The summed E-state index contributed by atoms with van der Waals surface area (Å²) in [7, 11) is 0. The van der Waals surface area contributed by atoms with E-state index < -0.39 is 5.97 Å². The second-order valence-corrected chi connectivity index (χ2v) is 4.11. The van der Waals surface area contributed by atoms with E-state index in [1.165, 1.54) is 12.1 Å². The van der Waals surface area contributed by atoms with Crippen molar-refractivity contribution in [2.45, 2.75) is 13.5 Å². The molecule has 0 unspecified atom stereocenters. The molecule has 6 nitrogen and oxygen atoms in total. The second kappa shape index (κ2) is 5.34. The molecule has 0 spiro atoms. The van der Waals surface area contributed by atoms with E-state index in [4.69, 9.17) is 10.8 Å².